The van der Waals surface area contributed by atoms with Gasteiger partial charge in [-0.15, -0.1) is 0 Å². The predicted molar refractivity (Wildman–Crippen MR) is 97.4 cm³/mol. The molecule has 5 heteroatoms. The van der Waals surface area contributed by atoms with E-state index in [0.717, 1.165) is 24.1 Å². The Morgan fingerprint density at radius 2 is 2.00 bits per heavy atom. The molecule has 0 saturated heterocycles. The van der Waals surface area contributed by atoms with E-state index < -0.39 is 6.10 Å². The zero-order valence-electron chi connectivity index (χ0n) is 15.0. The number of hydrogen-bond donors (Lipinski definition) is 2. The first-order chi connectivity index (χ1) is 12.1. The molecule has 2 unspecified atom stereocenters. The minimum Gasteiger partial charge on any atom is -0.388 e. The van der Waals surface area contributed by atoms with Crippen LogP contribution in [0.4, 0.5) is 0 Å². The van der Waals surface area contributed by atoms with Crippen LogP contribution in [0.1, 0.15) is 72.8 Å². The molecular weight excluding hydrogens is 314 g/mol. The molecule has 2 N–H and O–H groups in total. The van der Waals surface area contributed by atoms with E-state index in [4.69, 9.17) is 0 Å². The lowest BCUT2D eigenvalue weighted by molar-refractivity contribution is 0.0916. The summed E-state index contributed by atoms with van der Waals surface area (Å²) in [6.45, 7) is 3.88. The Labute approximate surface area is 149 Å². The molecule has 25 heavy (non-hydrogen) atoms. The lowest BCUT2D eigenvalue weighted by Crippen LogP contribution is -2.34. The van der Waals surface area contributed by atoms with Crippen LogP contribution in [0.15, 0.2) is 36.5 Å². The second-order valence-electron chi connectivity index (χ2n) is 7.06. The molecule has 1 heterocycles. The normalized spacial score (nSPS) is 17.4. The Bertz CT molecular complexity index is 705. The Morgan fingerprint density at radius 3 is 2.68 bits per heavy atom. The summed E-state index contributed by atoms with van der Waals surface area (Å²) in [7, 11) is 0. The Hall–Kier alpha value is -2.14. The predicted octanol–water partition coefficient (Wildman–Crippen LogP) is 3.55. The van der Waals surface area contributed by atoms with E-state index in [-0.39, 0.29) is 11.9 Å². The first-order valence-electron chi connectivity index (χ1n) is 9.14. The number of nitrogens with one attached hydrogen (secondary N) is 1. The summed E-state index contributed by atoms with van der Waals surface area (Å²) in [4.78, 5) is 12.6. The Balaban J connectivity index is 1.60. The van der Waals surface area contributed by atoms with Crippen LogP contribution in [0.5, 0.6) is 0 Å². The number of hydrogen-bond acceptors (Lipinski definition) is 3. The van der Waals surface area contributed by atoms with Crippen molar-refractivity contribution >= 4 is 5.91 Å². The summed E-state index contributed by atoms with van der Waals surface area (Å²) >= 11 is 0. The fourth-order valence-corrected chi connectivity index (χ4v) is 3.67. The van der Waals surface area contributed by atoms with Crippen LogP contribution in [0.3, 0.4) is 0 Å². The number of nitrogens with zero attached hydrogens (tertiary/aromatic N) is 2. The second kappa shape index (κ2) is 7.83. The average molecular weight is 341 g/mol. The number of benzene rings is 1. The molecule has 0 spiro atoms. The summed E-state index contributed by atoms with van der Waals surface area (Å²) in [5.74, 6) is -0.116. The van der Waals surface area contributed by atoms with Gasteiger partial charge in [0.25, 0.3) is 5.91 Å². The molecule has 0 radical (unpaired) electrons. The number of aliphatic hydroxyl groups excluding tert-OH is 1. The van der Waals surface area contributed by atoms with Crippen LogP contribution < -0.4 is 5.32 Å². The molecule has 5 nitrogen and oxygen atoms in total. The zero-order chi connectivity index (χ0) is 17.8. The maximum absolute atomic E-state index is 12.6. The first kappa shape index (κ1) is 17.7. The molecule has 2 aromatic rings. The molecule has 0 aliphatic heterocycles. The van der Waals surface area contributed by atoms with Gasteiger partial charge in [-0.25, -0.2) is 0 Å². The van der Waals surface area contributed by atoms with Crippen molar-refractivity contribution < 1.29 is 9.90 Å². The molecule has 1 aliphatic carbocycles. The number of carbonyl (C=O) groups is 1. The van der Waals surface area contributed by atoms with Gasteiger partial charge >= 0.3 is 0 Å². The van der Waals surface area contributed by atoms with Gasteiger partial charge < -0.3 is 10.4 Å². The third kappa shape index (κ3) is 4.10. The number of carbonyl (C=O) groups excluding carboxylic acids is 1. The molecular formula is C20H27N3O2. The van der Waals surface area contributed by atoms with Crippen molar-refractivity contribution in [1.82, 2.24) is 15.1 Å². The highest BCUT2D eigenvalue weighted by Crippen LogP contribution is 2.30. The molecule has 1 amide bonds. The molecule has 3 rings (SSSR count). The van der Waals surface area contributed by atoms with Gasteiger partial charge in [-0.1, -0.05) is 43.2 Å². The van der Waals surface area contributed by atoms with Crippen molar-refractivity contribution in [3.63, 3.8) is 0 Å². The van der Waals surface area contributed by atoms with Gasteiger partial charge in [-0.05, 0) is 38.7 Å². The molecule has 1 aromatic heterocycles. The summed E-state index contributed by atoms with van der Waals surface area (Å²) < 4.78 is 2.01. The highest BCUT2D eigenvalue weighted by atomic mass is 16.3. The van der Waals surface area contributed by atoms with E-state index in [0.29, 0.717) is 18.0 Å². The monoisotopic (exact) mass is 341 g/mol. The van der Waals surface area contributed by atoms with E-state index >= 15 is 0 Å². The van der Waals surface area contributed by atoms with Gasteiger partial charge in [-0.3, -0.25) is 9.48 Å². The van der Waals surface area contributed by atoms with E-state index in [1.165, 1.54) is 12.8 Å². The van der Waals surface area contributed by atoms with E-state index in [9.17, 15) is 9.90 Å². The topological polar surface area (TPSA) is 67.2 Å². The fraction of sp³-hybridized carbons (Fsp3) is 0.500. The summed E-state index contributed by atoms with van der Waals surface area (Å²) in [5, 5.41) is 17.7. The molecule has 2 atom stereocenters. The minimum atomic E-state index is -0.584. The second-order valence-corrected chi connectivity index (χ2v) is 7.06. The van der Waals surface area contributed by atoms with Crippen LogP contribution in [-0.4, -0.2) is 26.8 Å². The van der Waals surface area contributed by atoms with Crippen molar-refractivity contribution in [2.75, 3.05) is 0 Å². The molecule has 1 aliphatic rings. The molecule has 0 bridgehead atoms. The standard InChI is InChI=1S/C20H27N3O2/c1-14(12-19(24)16-8-4-3-5-9-16)22-20(25)18-13-21-23(15(18)2)17-10-6-7-11-17/h3-5,8-9,13-14,17,19,24H,6-7,10-12H2,1-2H3,(H,22,25). The summed E-state index contributed by atoms with van der Waals surface area (Å²) in [6.07, 6.45) is 6.32. The lowest BCUT2D eigenvalue weighted by atomic mass is 10.0. The minimum absolute atomic E-state index is 0.116. The fourth-order valence-electron chi connectivity index (χ4n) is 3.67. The SMILES string of the molecule is Cc1c(C(=O)NC(C)CC(O)c2ccccc2)cnn1C1CCCC1. The molecule has 134 valence electrons. The Kier molecular flexibility index (Phi) is 5.53. The van der Waals surface area contributed by atoms with E-state index in [1.54, 1.807) is 6.20 Å². The number of amides is 1. The largest absolute Gasteiger partial charge is 0.388 e. The van der Waals surface area contributed by atoms with Gasteiger partial charge in [0.1, 0.15) is 0 Å². The summed E-state index contributed by atoms with van der Waals surface area (Å²) in [5.41, 5.74) is 2.43. The van der Waals surface area contributed by atoms with Crippen LogP contribution in [0.2, 0.25) is 0 Å². The zero-order valence-corrected chi connectivity index (χ0v) is 15.0. The van der Waals surface area contributed by atoms with Gasteiger partial charge in [0.15, 0.2) is 0 Å². The smallest absolute Gasteiger partial charge is 0.254 e. The Morgan fingerprint density at radius 1 is 1.32 bits per heavy atom. The lowest BCUT2D eigenvalue weighted by Gasteiger charge is -2.18. The van der Waals surface area contributed by atoms with Crippen molar-refractivity contribution in [2.45, 2.75) is 64.1 Å². The van der Waals surface area contributed by atoms with E-state index in [2.05, 4.69) is 10.4 Å². The molecule has 1 aromatic carbocycles. The van der Waals surface area contributed by atoms with Crippen LogP contribution in [-0.2, 0) is 0 Å². The van der Waals surface area contributed by atoms with E-state index in [1.807, 2.05) is 48.9 Å². The number of aromatic nitrogens is 2. The maximum atomic E-state index is 12.6. The van der Waals surface area contributed by atoms with Crippen molar-refractivity contribution in [3.8, 4) is 0 Å². The van der Waals surface area contributed by atoms with Crippen LogP contribution >= 0.6 is 0 Å². The molecule has 1 fully saturated rings. The highest BCUT2D eigenvalue weighted by Gasteiger charge is 2.23. The van der Waals surface area contributed by atoms with Gasteiger partial charge in [0, 0.05) is 11.7 Å². The maximum Gasteiger partial charge on any atom is 0.254 e. The third-order valence-electron chi connectivity index (χ3n) is 5.10. The molecule has 1 saturated carbocycles. The van der Waals surface area contributed by atoms with Crippen LogP contribution in [0, 0.1) is 6.92 Å². The van der Waals surface area contributed by atoms with Gasteiger partial charge in [0.05, 0.1) is 23.9 Å². The highest BCUT2D eigenvalue weighted by molar-refractivity contribution is 5.95. The number of rotatable bonds is 6. The van der Waals surface area contributed by atoms with Crippen molar-refractivity contribution in [2.24, 2.45) is 0 Å². The summed E-state index contributed by atoms with van der Waals surface area (Å²) in [6, 6.07) is 9.83. The average Bonchev–Trinajstić information content (AvgIpc) is 3.24. The van der Waals surface area contributed by atoms with Crippen molar-refractivity contribution in [3.05, 3.63) is 53.3 Å². The van der Waals surface area contributed by atoms with Gasteiger partial charge in [-0.2, -0.15) is 5.10 Å². The quantitative estimate of drug-likeness (QED) is 0.844. The van der Waals surface area contributed by atoms with Crippen molar-refractivity contribution in [1.29, 1.82) is 0 Å². The first-order valence-corrected chi connectivity index (χ1v) is 9.14. The third-order valence-corrected chi connectivity index (χ3v) is 5.10. The van der Waals surface area contributed by atoms with Gasteiger partial charge in [0.2, 0.25) is 0 Å². The van der Waals surface area contributed by atoms with Crippen LogP contribution in [0.25, 0.3) is 0 Å². The number of aliphatic hydroxyl groups is 1.